The van der Waals surface area contributed by atoms with Crippen LogP contribution >= 0.6 is 16.1 Å². The molecule has 5 aromatic carbocycles. The van der Waals surface area contributed by atoms with Crippen molar-refractivity contribution < 1.29 is 0 Å². The van der Waals surface area contributed by atoms with E-state index in [9.17, 15) is 0 Å². The average Bonchev–Trinajstić information content (AvgIpc) is 3.30. The number of hydrogen-bond acceptors (Lipinski definition) is 1. The Hall–Kier alpha value is -2.81. The van der Waals surface area contributed by atoms with Gasteiger partial charge in [-0.05, 0) is 24.6 Å². The van der Waals surface area contributed by atoms with E-state index in [1.807, 2.05) is 0 Å². The highest BCUT2D eigenvalue weighted by molar-refractivity contribution is 7.90. The minimum Gasteiger partial charge on any atom is -0.313 e. The molecule has 0 saturated carbocycles. The molecular weight excluding hydrogens is 793 g/mol. The van der Waals surface area contributed by atoms with Crippen LogP contribution in [-0.4, -0.2) is 16.1 Å². The maximum Gasteiger partial charge on any atom is 0.0867 e. The van der Waals surface area contributed by atoms with Gasteiger partial charge in [-0.2, -0.15) is 0 Å². The van der Waals surface area contributed by atoms with Gasteiger partial charge in [0, 0.05) is 26.9 Å². The number of rotatable bonds is 27. The fourth-order valence-electron chi connectivity index (χ4n) is 9.59. The molecule has 0 aliphatic carbocycles. The Morgan fingerprint density at radius 1 is 0.367 bits per heavy atom. The van der Waals surface area contributed by atoms with Crippen molar-refractivity contribution in [3.05, 3.63) is 139 Å². The molecule has 0 fully saturated rings. The van der Waals surface area contributed by atoms with E-state index in [1.54, 1.807) is 10.4 Å². The fourth-order valence-corrected chi connectivity index (χ4v) is 26.8. The second-order valence-corrected chi connectivity index (χ2v) is 31.3. The smallest absolute Gasteiger partial charge is 0.0867 e. The summed E-state index contributed by atoms with van der Waals surface area (Å²) in [6, 6.07) is 61.7. The van der Waals surface area contributed by atoms with Crippen molar-refractivity contribution in [1.82, 2.24) is 0 Å². The van der Waals surface area contributed by atoms with Crippen molar-refractivity contribution in [2.24, 2.45) is 0 Å². The van der Waals surface area contributed by atoms with Crippen LogP contribution in [0.15, 0.2) is 133 Å². The highest BCUT2D eigenvalue weighted by atomic mass is 31.2. The van der Waals surface area contributed by atoms with Crippen LogP contribution in [0.1, 0.15) is 124 Å². The van der Waals surface area contributed by atoms with Crippen LogP contribution in [0.3, 0.4) is 0 Å². The fraction of sp³-hybridized carbons (Fsp3) is 0.455. The van der Waals surface area contributed by atoms with Crippen LogP contribution in [-0.2, 0) is 0 Å². The minimum absolute atomic E-state index is 0.927. The molecule has 1 atom stereocenters. The lowest BCUT2D eigenvalue weighted by Crippen LogP contribution is -2.48. The van der Waals surface area contributed by atoms with E-state index in [0.29, 0.717) is 0 Å². The first-order valence-corrected chi connectivity index (χ1v) is 32.0. The van der Waals surface area contributed by atoms with Crippen LogP contribution in [0, 0.1) is 6.92 Å². The van der Waals surface area contributed by atoms with E-state index in [2.05, 4.69) is 186 Å². The van der Waals surface area contributed by atoms with E-state index in [-0.39, 0.29) is 0 Å². The Labute approximate surface area is 372 Å². The predicted molar refractivity (Wildman–Crippen MR) is 281 cm³/mol. The number of anilines is 1. The summed E-state index contributed by atoms with van der Waals surface area (Å²) in [6.45, 7) is 16.7. The Morgan fingerprint density at radius 2 is 0.700 bits per heavy atom. The van der Waals surface area contributed by atoms with E-state index in [1.165, 1.54) is 146 Å². The minimum atomic E-state index is -1.66. The molecule has 0 heterocycles. The van der Waals surface area contributed by atoms with Crippen molar-refractivity contribution in [1.29, 1.82) is 0 Å². The molecule has 0 N–H and O–H groups in total. The second kappa shape index (κ2) is 25.3. The van der Waals surface area contributed by atoms with Gasteiger partial charge in [0.05, 0.1) is 32.3 Å². The molecule has 5 heteroatoms. The normalized spacial score (nSPS) is 12.5. The van der Waals surface area contributed by atoms with Crippen LogP contribution < -0.4 is 36.0 Å². The van der Waals surface area contributed by atoms with Gasteiger partial charge in [-0.3, -0.25) is 0 Å². The molecule has 5 aromatic rings. The van der Waals surface area contributed by atoms with Crippen LogP contribution in [0.5, 0.6) is 0 Å². The van der Waals surface area contributed by atoms with Crippen LogP contribution in [0.25, 0.3) is 0 Å². The van der Waals surface area contributed by atoms with E-state index in [4.69, 9.17) is 0 Å². The molecule has 0 aromatic heterocycles. The number of para-hydroxylation sites is 1. The second-order valence-electron chi connectivity index (χ2n) is 17.6. The SMILES string of the molecule is CCCC[Si](CCCC)(CCCC)c1ccc(P(c2ccc([Si](CCCC)(CCCC)CCCC)cc2)N(c2ccccc2)P(c2ccccc2)c2ccccc2C)cc1. The first-order valence-electron chi connectivity index (χ1n) is 24.2. The summed E-state index contributed by atoms with van der Waals surface area (Å²) in [5, 5.41) is 9.21. The van der Waals surface area contributed by atoms with Crippen molar-refractivity contribution in [3.8, 4) is 0 Å². The van der Waals surface area contributed by atoms with Gasteiger partial charge >= 0.3 is 0 Å². The van der Waals surface area contributed by atoms with E-state index < -0.39 is 32.3 Å². The number of unbranched alkanes of at least 4 members (excludes halogenated alkanes) is 6. The molecular formula is C55H79NP2Si2. The standard InChI is InChI=1S/C55H79NP2Si2/c1-8-14-42-59(43-15-9-2,44-16-10-3)53-38-34-51(35-39-53)57(52-36-40-54(41-37-52)60(45-17-11-4,46-18-12-5)47-19-13-6)56(49-29-22-20-23-30-49)58(50-31-24-21-25-32-50)55-33-27-26-28-48(55)7/h20-41H,8-19,42-47H2,1-7H3. The van der Waals surface area contributed by atoms with Gasteiger partial charge in [0.15, 0.2) is 0 Å². The van der Waals surface area contributed by atoms with Gasteiger partial charge in [0.2, 0.25) is 0 Å². The molecule has 0 aliphatic heterocycles. The van der Waals surface area contributed by atoms with Gasteiger partial charge in [0.25, 0.3) is 0 Å². The molecule has 0 spiro atoms. The summed E-state index contributed by atoms with van der Waals surface area (Å²) in [6.07, 6.45) is 15.9. The molecule has 60 heavy (non-hydrogen) atoms. The molecule has 0 saturated heterocycles. The Balaban J connectivity index is 1.77. The Morgan fingerprint density at radius 3 is 1.07 bits per heavy atom. The molecule has 0 radical (unpaired) electrons. The number of hydrogen-bond donors (Lipinski definition) is 0. The Bertz CT molecular complexity index is 1800. The summed E-state index contributed by atoms with van der Waals surface area (Å²) < 4.78 is 2.90. The van der Waals surface area contributed by atoms with Gasteiger partial charge in [0.1, 0.15) is 0 Å². The average molecular weight is 872 g/mol. The van der Waals surface area contributed by atoms with Gasteiger partial charge in [-0.1, -0.05) is 287 Å². The molecule has 1 nitrogen and oxygen atoms in total. The van der Waals surface area contributed by atoms with Gasteiger partial charge in [-0.15, -0.1) is 0 Å². The maximum atomic E-state index is 2.90. The maximum absolute atomic E-state index is 2.90. The third-order valence-corrected chi connectivity index (χ3v) is 29.8. The monoisotopic (exact) mass is 872 g/mol. The first-order chi connectivity index (χ1) is 29.4. The molecule has 5 rings (SSSR count). The zero-order valence-electron chi connectivity index (χ0n) is 38.8. The van der Waals surface area contributed by atoms with E-state index >= 15 is 0 Å². The predicted octanol–water partition coefficient (Wildman–Crippen LogP) is 15.0. The topological polar surface area (TPSA) is 3.24 Å². The summed E-state index contributed by atoms with van der Waals surface area (Å²) in [5.41, 5.74) is 2.68. The molecule has 0 amide bonds. The third-order valence-electron chi connectivity index (χ3n) is 13.2. The molecule has 322 valence electrons. The highest BCUT2D eigenvalue weighted by Gasteiger charge is 2.37. The van der Waals surface area contributed by atoms with Crippen molar-refractivity contribution in [3.63, 3.8) is 0 Å². The van der Waals surface area contributed by atoms with Crippen molar-refractivity contribution in [2.45, 2.75) is 162 Å². The summed E-state index contributed by atoms with van der Waals surface area (Å²) in [7, 11) is -5.20. The number of benzene rings is 5. The van der Waals surface area contributed by atoms with Gasteiger partial charge < -0.3 is 4.44 Å². The molecule has 0 bridgehead atoms. The first kappa shape index (κ1) is 48.2. The Kier molecular flexibility index (Phi) is 20.4. The van der Waals surface area contributed by atoms with Crippen LogP contribution in [0.4, 0.5) is 5.69 Å². The lowest BCUT2D eigenvalue weighted by molar-refractivity contribution is 0.800. The van der Waals surface area contributed by atoms with Gasteiger partial charge in [-0.25, -0.2) is 0 Å². The van der Waals surface area contributed by atoms with E-state index in [0.717, 1.165) is 0 Å². The number of aryl methyl sites for hydroxylation is 1. The molecule has 0 aliphatic rings. The zero-order valence-corrected chi connectivity index (χ0v) is 42.6. The third kappa shape index (κ3) is 12.4. The molecule has 1 unspecified atom stereocenters. The van der Waals surface area contributed by atoms with Crippen molar-refractivity contribution in [2.75, 3.05) is 4.44 Å². The van der Waals surface area contributed by atoms with Crippen molar-refractivity contribution >= 4 is 69.6 Å². The quantitative estimate of drug-likeness (QED) is 0.0375. The summed E-state index contributed by atoms with van der Waals surface area (Å²) in [4.78, 5) is 0. The highest BCUT2D eigenvalue weighted by Crippen LogP contribution is 2.57. The lowest BCUT2D eigenvalue weighted by atomic mass is 10.2. The summed E-state index contributed by atoms with van der Waals surface area (Å²) in [5.74, 6) is 0. The number of nitrogens with zero attached hydrogens (tertiary/aromatic N) is 1. The zero-order chi connectivity index (χ0) is 42.6. The lowest BCUT2D eigenvalue weighted by Gasteiger charge is -2.41. The summed E-state index contributed by atoms with van der Waals surface area (Å²) >= 11 is 0. The largest absolute Gasteiger partial charge is 0.313 e. The van der Waals surface area contributed by atoms with Crippen LogP contribution in [0.2, 0.25) is 36.3 Å².